The van der Waals surface area contributed by atoms with Crippen molar-refractivity contribution in [2.24, 2.45) is 0 Å². The molecule has 7 nitrogen and oxygen atoms in total. The molecule has 7 heteroatoms. The highest BCUT2D eigenvalue weighted by Crippen LogP contribution is 2.18. The Morgan fingerprint density at radius 3 is 2.74 bits per heavy atom. The van der Waals surface area contributed by atoms with E-state index in [0.29, 0.717) is 11.8 Å². The second-order valence-corrected chi connectivity index (χ2v) is 3.47. The van der Waals surface area contributed by atoms with E-state index in [1.54, 1.807) is 6.07 Å². The van der Waals surface area contributed by atoms with Crippen molar-refractivity contribution in [2.45, 2.75) is 0 Å². The number of benzene rings is 1. The molecule has 0 N–H and O–H groups in total. The lowest BCUT2D eigenvalue weighted by Crippen LogP contribution is -2.07. The third-order valence-corrected chi connectivity index (χ3v) is 2.18. The molecular formula is C12H7NO6. The molecule has 0 aliphatic carbocycles. The van der Waals surface area contributed by atoms with Crippen molar-refractivity contribution < 1.29 is 23.7 Å². The van der Waals surface area contributed by atoms with Gasteiger partial charge in [-0.25, -0.2) is 4.79 Å². The van der Waals surface area contributed by atoms with Crippen LogP contribution in [0.2, 0.25) is 0 Å². The van der Waals surface area contributed by atoms with E-state index in [1.807, 2.05) is 0 Å². The number of ether oxygens (including phenoxy) is 1. The fourth-order valence-corrected chi connectivity index (χ4v) is 1.34. The maximum absolute atomic E-state index is 11.6. The Morgan fingerprint density at radius 1 is 1.32 bits per heavy atom. The van der Waals surface area contributed by atoms with E-state index in [9.17, 15) is 19.7 Å². The van der Waals surface area contributed by atoms with Crippen LogP contribution in [0.15, 0.2) is 40.8 Å². The van der Waals surface area contributed by atoms with Crippen LogP contribution in [0.5, 0.6) is 5.75 Å². The quantitative estimate of drug-likeness (QED) is 0.275. The maximum Gasteiger partial charge on any atom is 0.433 e. The lowest BCUT2D eigenvalue weighted by atomic mass is 10.2. The first-order valence-electron chi connectivity index (χ1n) is 5.12. The summed E-state index contributed by atoms with van der Waals surface area (Å²) in [5.74, 6) is -1.57. The summed E-state index contributed by atoms with van der Waals surface area (Å²) in [5, 5.41) is 10.4. The molecule has 0 saturated carbocycles. The standard InChI is InChI=1S/C12H7NO6/c14-7-8-2-1-3-9(6-8)18-12(15)10-4-5-11(19-10)13(16)17/h1-7H. The Balaban J connectivity index is 2.15. The summed E-state index contributed by atoms with van der Waals surface area (Å²) in [6.07, 6.45) is 0.606. The smallest absolute Gasteiger partial charge is 0.421 e. The zero-order chi connectivity index (χ0) is 13.8. The average Bonchev–Trinajstić information content (AvgIpc) is 2.89. The summed E-state index contributed by atoms with van der Waals surface area (Å²) in [6, 6.07) is 8.12. The number of nitro groups is 1. The van der Waals surface area contributed by atoms with E-state index < -0.39 is 16.8 Å². The van der Waals surface area contributed by atoms with Gasteiger partial charge in [-0.2, -0.15) is 0 Å². The molecule has 0 fully saturated rings. The van der Waals surface area contributed by atoms with Crippen molar-refractivity contribution in [3.8, 4) is 5.75 Å². The summed E-state index contributed by atoms with van der Waals surface area (Å²) in [6.45, 7) is 0. The third kappa shape index (κ3) is 2.83. The molecule has 2 rings (SSSR count). The number of rotatable bonds is 4. The first-order chi connectivity index (χ1) is 9.10. The molecule has 96 valence electrons. The van der Waals surface area contributed by atoms with Gasteiger partial charge in [0.2, 0.25) is 5.76 Å². The lowest BCUT2D eigenvalue weighted by Gasteiger charge is -2.01. The van der Waals surface area contributed by atoms with Crippen LogP contribution in [-0.4, -0.2) is 17.2 Å². The van der Waals surface area contributed by atoms with Gasteiger partial charge < -0.3 is 9.15 Å². The first kappa shape index (κ1) is 12.5. The van der Waals surface area contributed by atoms with Crippen molar-refractivity contribution in [1.29, 1.82) is 0 Å². The number of hydrogen-bond acceptors (Lipinski definition) is 6. The highest BCUT2D eigenvalue weighted by Gasteiger charge is 2.19. The van der Waals surface area contributed by atoms with E-state index >= 15 is 0 Å². The minimum Gasteiger partial charge on any atom is -0.421 e. The molecule has 0 aliphatic heterocycles. The zero-order valence-corrected chi connectivity index (χ0v) is 9.44. The zero-order valence-electron chi connectivity index (χ0n) is 9.44. The number of aldehydes is 1. The first-order valence-corrected chi connectivity index (χ1v) is 5.12. The van der Waals surface area contributed by atoms with Crippen LogP contribution in [0.3, 0.4) is 0 Å². The molecule has 19 heavy (non-hydrogen) atoms. The predicted molar refractivity (Wildman–Crippen MR) is 62.2 cm³/mol. The molecule has 0 atom stereocenters. The van der Waals surface area contributed by atoms with E-state index in [1.165, 1.54) is 18.2 Å². The Kier molecular flexibility index (Phi) is 3.37. The van der Waals surface area contributed by atoms with Crippen LogP contribution < -0.4 is 4.74 Å². The van der Waals surface area contributed by atoms with Crippen LogP contribution in [0.1, 0.15) is 20.9 Å². The van der Waals surface area contributed by atoms with Gasteiger partial charge in [0.05, 0.1) is 6.07 Å². The highest BCUT2D eigenvalue weighted by atomic mass is 16.7. The summed E-state index contributed by atoms with van der Waals surface area (Å²) in [4.78, 5) is 31.8. The van der Waals surface area contributed by atoms with E-state index in [2.05, 4.69) is 0 Å². The maximum atomic E-state index is 11.6. The van der Waals surface area contributed by atoms with Gasteiger partial charge in [0.15, 0.2) is 0 Å². The molecule has 1 aromatic carbocycles. The fraction of sp³-hybridized carbons (Fsp3) is 0. The summed E-state index contributed by atoms with van der Waals surface area (Å²) >= 11 is 0. The molecule has 0 amide bonds. The van der Waals surface area contributed by atoms with Crippen LogP contribution >= 0.6 is 0 Å². The molecule has 0 bridgehead atoms. The Bertz CT molecular complexity index is 645. The van der Waals surface area contributed by atoms with Gasteiger partial charge in [-0.3, -0.25) is 14.9 Å². The number of furan rings is 1. The molecule has 0 spiro atoms. The molecule has 0 unspecified atom stereocenters. The number of esters is 1. The Hall–Kier alpha value is -2.96. The van der Waals surface area contributed by atoms with E-state index in [0.717, 1.165) is 12.1 Å². The van der Waals surface area contributed by atoms with Crippen LogP contribution in [0, 0.1) is 10.1 Å². The number of nitrogens with zero attached hydrogens (tertiary/aromatic N) is 1. The van der Waals surface area contributed by atoms with E-state index in [-0.39, 0.29) is 11.5 Å². The van der Waals surface area contributed by atoms with Gasteiger partial charge in [-0.15, -0.1) is 0 Å². The Morgan fingerprint density at radius 2 is 2.11 bits per heavy atom. The van der Waals surface area contributed by atoms with Crippen LogP contribution in [-0.2, 0) is 0 Å². The van der Waals surface area contributed by atoms with Crippen molar-refractivity contribution in [3.05, 3.63) is 57.8 Å². The second kappa shape index (κ2) is 5.13. The molecule has 2 aromatic rings. The summed E-state index contributed by atoms with van der Waals surface area (Å²) < 4.78 is 9.61. The minimum absolute atomic E-state index is 0.147. The Labute approximate surface area is 106 Å². The van der Waals surface area contributed by atoms with Gasteiger partial charge in [-0.1, -0.05) is 12.1 Å². The molecular weight excluding hydrogens is 254 g/mol. The normalized spacial score (nSPS) is 9.89. The van der Waals surface area contributed by atoms with Crippen molar-refractivity contribution in [2.75, 3.05) is 0 Å². The van der Waals surface area contributed by atoms with Crippen LogP contribution in [0.4, 0.5) is 5.88 Å². The minimum atomic E-state index is -0.879. The van der Waals surface area contributed by atoms with Gasteiger partial charge >= 0.3 is 11.9 Å². The second-order valence-electron chi connectivity index (χ2n) is 3.47. The van der Waals surface area contributed by atoms with Crippen molar-refractivity contribution in [3.63, 3.8) is 0 Å². The molecule has 1 aromatic heterocycles. The molecule has 1 heterocycles. The van der Waals surface area contributed by atoms with Crippen molar-refractivity contribution in [1.82, 2.24) is 0 Å². The largest absolute Gasteiger partial charge is 0.433 e. The number of carbonyl (C=O) groups excluding carboxylic acids is 2. The van der Waals surface area contributed by atoms with Gasteiger partial charge in [0.1, 0.15) is 17.0 Å². The lowest BCUT2D eigenvalue weighted by molar-refractivity contribution is -0.402. The fourth-order valence-electron chi connectivity index (χ4n) is 1.34. The molecule has 0 radical (unpaired) electrons. The molecule has 0 aliphatic rings. The van der Waals surface area contributed by atoms with Crippen molar-refractivity contribution >= 4 is 18.1 Å². The summed E-state index contributed by atoms with van der Waals surface area (Å²) in [5.41, 5.74) is 0.343. The summed E-state index contributed by atoms with van der Waals surface area (Å²) in [7, 11) is 0. The molecule has 0 saturated heterocycles. The number of carbonyl (C=O) groups is 2. The van der Waals surface area contributed by atoms with E-state index in [4.69, 9.17) is 9.15 Å². The number of hydrogen-bond donors (Lipinski definition) is 0. The third-order valence-electron chi connectivity index (χ3n) is 2.18. The SMILES string of the molecule is O=Cc1cccc(OC(=O)c2ccc([N+](=O)[O-])o2)c1. The topological polar surface area (TPSA) is 99.7 Å². The van der Waals surface area contributed by atoms with Gasteiger partial charge in [0, 0.05) is 5.56 Å². The van der Waals surface area contributed by atoms with Crippen LogP contribution in [0.25, 0.3) is 0 Å². The average molecular weight is 261 g/mol. The van der Waals surface area contributed by atoms with Gasteiger partial charge in [0.25, 0.3) is 0 Å². The monoisotopic (exact) mass is 261 g/mol. The van der Waals surface area contributed by atoms with Gasteiger partial charge in [-0.05, 0) is 18.2 Å². The highest BCUT2D eigenvalue weighted by molar-refractivity contribution is 5.88. The predicted octanol–water partition coefficient (Wildman–Crippen LogP) is 2.22.